The number of nitrogens with one attached hydrogen (secondary N) is 1. The molecule has 1 heterocycles. The van der Waals surface area contributed by atoms with Crippen LogP contribution in [-0.4, -0.2) is 32.9 Å². The van der Waals surface area contributed by atoms with Crippen molar-refractivity contribution in [1.29, 1.82) is 0 Å². The molecule has 1 aliphatic heterocycles. The Morgan fingerprint density at radius 3 is 2.33 bits per heavy atom. The van der Waals surface area contributed by atoms with Crippen LogP contribution in [0.2, 0.25) is 0 Å². The maximum atomic E-state index is 13.2. The van der Waals surface area contributed by atoms with Crippen LogP contribution in [0.3, 0.4) is 0 Å². The number of nitrogens with zero attached hydrogens (tertiary/aromatic N) is 1. The minimum atomic E-state index is -4.19. The molecule has 0 aliphatic carbocycles. The van der Waals surface area contributed by atoms with E-state index in [4.69, 9.17) is 8.92 Å². The fourth-order valence-corrected chi connectivity index (χ4v) is 4.72. The first-order valence-corrected chi connectivity index (χ1v) is 12.8. The standard InChI is InChI=1S/C25H19BrN2O7S/c1-2-34-19-11-9-18(10-12-19)28-24(30)21(23(29)27-25(28)31)15-16-14-17(26)8-13-22(16)35-36(32,33)20-6-4-3-5-7-20/h3-15H,2H2,1H3,(H,27,29,31)/b21-15+. The maximum Gasteiger partial charge on any atom is 0.339 e. The van der Waals surface area contributed by atoms with Gasteiger partial charge in [-0.15, -0.1) is 0 Å². The molecule has 0 aromatic heterocycles. The Labute approximate surface area is 215 Å². The first kappa shape index (κ1) is 25.1. The van der Waals surface area contributed by atoms with Gasteiger partial charge in [0.1, 0.15) is 22.0 Å². The van der Waals surface area contributed by atoms with Gasteiger partial charge in [-0.2, -0.15) is 8.42 Å². The van der Waals surface area contributed by atoms with Crippen LogP contribution in [0.25, 0.3) is 6.08 Å². The molecule has 3 aromatic rings. The van der Waals surface area contributed by atoms with Crippen molar-refractivity contribution in [2.45, 2.75) is 11.8 Å². The molecule has 1 fully saturated rings. The highest BCUT2D eigenvalue weighted by molar-refractivity contribution is 9.10. The minimum absolute atomic E-state index is 0.0646. The second-order valence-electron chi connectivity index (χ2n) is 7.42. The summed E-state index contributed by atoms with van der Waals surface area (Å²) in [6, 6.07) is 17.2. The highest BCUT2D eigenvalue weighted by Gasteiger charge is 2.37. The summed E-state index contributed by atoms with van der Waals surface area (Å²) in [6.07, 6.45) is 1.17. The number of halogens is 1. The second-order valence-corrected chi connectivity index (χ2v) is 9.88. The molecule has 0 spiro atoms. The molecule has 3 aromatic carbocycles. The molecule has 1 saturated heterocycles. The molecule has 0 radical (unpaired) electrons. The summed E-state index contributed by atoms with van der Waals surface area (Å²) in [7, 11) is -4.19. The maximum absolute atomic E-state index is 13.2. The first-order valence-electron chi connectivity index (χ1n) is 10.6. The molecule has 36 heavy (non-hydrogen) atoms. The number of carbonyl (C=O) groups is 3. The number of hydrogen-bond donors (Lipinski definition) is 1. The van der Waals surface area contributed by atoms with Gasteiger partial charge in [-0.05, 0) is 67.6 Å². The summed E-state index contributed by atoms with van der Waals surface area (Å²) in [6.45, 7) is 2.27. The lowest BCUT2D eigenvalue weighted by Gasteiger charge is -2.26. The van der Waals surface area contributed by atoms with Gasteiger partial charge in [-0.3, -0.25) is 14.9 Å². The largest absolute Gasteiger partial charge is 0.494 e. The number of imide groups is 2. The molecule has 4 rings (SSSR count). The summed E-state index contributed by atoms with van der Waals surface area (Å²) in [5.74, 6) is -1.37. The van der Waals surface area contributed by atoms with Gasteiger partial charge in [-0.1, -0.05) is 34.1 Å². The van der Waals surface area contributed by atoms with Crippen molar-refractivity contribution >= 4 is 55.7 Å². The van der Waals surface area contributed by atoms with Crippen LogP contribution in [0.15, 0.2) is 87.7 Å². The summed E-state index contributed by atoms with van der Waals surface area (Å²) < 4.78 is 36.7. The van der Waals surface area contributed by atoms with E-state index in [1.54, 1.807) is 36.4 Å². The van der Waals surface area contributed by atoms with E-state index in [1.807, 2.05) is 6.92 Å². The van der Waals surface area contributed by atoms with E-state index < -0.39 is 28.0 Å². The molecule has 11 heteroatoms. The lowest BCUT2D eigenvalue weighted by molar-refractivity contribution is -0.122. The number of anilines is 1. The molecule has 9 nitrogen and oxygen atoms in total. The van der Waals surface area contributed by atoms with Crippen LogP contribution in [0.5, 0.6) is 11.5 Å². The molecular formula is C25H19BrN2O7S. The Hall–Kier alpha value is -3.96. The molecule has 0 saturated carbocycles. The number of urea groups is 1. The molecule has 0 bridgehead atoms. The highest BCUT2D eigenvalue weighted by Crippen LogP contribution is 2.30. The summed E-state index contributed by atoms with van der Waals surface area (Å²) >= 11 is 3.30. The van der Waals surface area contributed by atoms with E-state index >= 15 is 0 Å². The van der Waals surface area contributed by atoms with Crippen molar-refractivity contribution in [3.63, 3.8) is 0 Å². The summed E-state index contributed by atoms with van der Waals surface area (Å²) in [5, 5.41) is 2.13. The molecule has 1 aliphatic rings. The molecular weight excluding hydrogens is 552 g/mol. The molecule has 1 N–H and O–H groups in total. The van der Waals surface area contributed by atoms with Gasteiger partial charge in [0.2, 0.25) is 0 Å². The number of benzene rings is 3. The third-order valence-corrected chi connectivity index (χ3v) is 6.75. The Morgan fingerprint density at radius 2 is 1.67 bits per heavy atom. The quantitative estimate of drug-likeness (QED) is 0.256. The van der Waals surface area contributed by atoms with Gasteiger partial charge >= 0.3 is 16.1 Å². The van der Waals surface area contributed by atoms with Gasteiger partial charge in [0, 0.05) is 10.0 Å². The third-order valence-electron chi connectivity index (χ3n) is 5.01. The molecule has 0 unspecified atom stereocenters. The Balaban J connectivity index is 1.71. The van der Waals surface area contributed by atoms with Crippen LogP contribution >= 0.6 is 15.9 Å². The third kappa shape index (κ3) is 5.31. The monoisotopic (exact) mass is 570 g/mol. The average molecular weight is 571 g/mol. The van der Waals surface area contributed by atoms with Crippen LogP contribution < -0.4 is 19.1 Å². The highest BCUT2D eigenvalue weighted by atomic mass is 79.9. The fourth-order valence-electron chi connectivity index (χ4n) is 3.37. The van der Waals surface area contributed by atoms with Gasteiger partial charge in [-0.25, -0.2) is 9.69 Å². The number of hydrogen-bond acceptors (Lipinski definition) is 7. The van der Waals surface area contributed by atoms with Crippen molar-refractivity contribution in [3.05, 3.63) is 88.4 Å². The van der Waals surface area contributed by atoms with Crippen molar-refractivity contribution in [3.8, 4) is 11.5 Å². The SMILES string of the molecule is CCOc1ccc(N2C(=O)NC(=O)/C(=C\c3cc(Br)ccc3OS(=O)(=O)c3ccccc3)C2=O)cc1. The lowest BCUT2D eigenvalue weighted by Crippen LogP contribution is -2.54. The molecule has 4 amide bonds. The predicted octanol–water partition coefficient (Wildman–Crippen LogP) is 4.28. The number of ether oxygens (including phenoxy) is 1. The summed E-state index contributed by atoms with van der Waals surface area (Å²) in [5.41, 5.74) is -0.0383. The summed E-state index contributed by atoms with van der Waals surface area (Å²) in [4.78, 5) is 39.1. The minimum Gasteiger partial charge on any atom is -0.494 e. The van der Waals surface area contributed by atoms with E-state index in [2.05, 4.69) is 21.2 Å². The van der Waals surface area contributed by atoms with Gasteiger partial charge in [0.25, 0.3) is 11.8 Å². The molecule has 184 valence electrons. The first-order chi connectivity index (χ1) is 17.2. The number of amides is 4. The van der Waals surface area contributed by atoms with Crippen molar-refractivity contribution in [1.82, 2.24) is 5.32 Å². The van der Waals surface area contributed by atoms with Crippen molar-refractivity contribution in [2.75, 3.05) is 11.5 Å². The van der Waals surface area contributed by atoms with E-state index in [9.17, 15) is 22.8 Å². The van der Waals surface area contributed by atoms with E-state index in [-0.39, 0.29) is 27.5 Å². The Morgan fingerprint density at radius 1 is 0.972 bits per heavy atom. The average Bonchev–Trinajstić information content (AvgIpc) is 2.85. The molecule has 0 atom stereocenters. The zero-order valence-electron chi connectivity index (χ0n) is 18.8. The van der Waals surface area contributed by atoms with E-state index in [0.717, 1.165) is 4.90 Å². The zero-order chi connectivity index (χ0) is 25.9. The van der Waals surface area contributed by atoms with Gasteiger partial charge in [0.05, 0.1) is 12.3 Å². The fraction of sp³-hybridized carbons (Fsp3) is 0.0800. The van der Waals surface area contributed by atoms with Crippen molar-refractivity contribution in [2.24, 2.45) is 0 Å². The normalized spacial score (nSPS) is 15.1. The smallest absolute Gasteiger partial charge is 0.339 e. The zero-order valence-corrected chi connectivity index (χ0v) is 21.2. The predicted molar refractivity (Wildman–Crippen MR) is 135 cm³/mol. The van der Waals surface area contributed by atoms with Gasteiger partial charge in [0.15, 0.2) is 0 Å². The lowest BCUT2D eigenvalue weighted by atomic mass is 10.1. The van der Waals surface area contributed by atoms with Crippen LogP contribution in [0.1, 0.15) is 12.5 Å². The number of rotatable bonds is 7. The number of barbiturate groups is 1. The number of carbonyl (C=O) groups excluding carboxylic acids is 3. The topological polar surface area (TPSA) is 119 Å². The Kier molecular flexibility index (Phi) is 7.22. The van der Waals surface area contributed by atoms with E-state index in [0.29, 0.717) is 16.8 Å². The van der Waals surface area contributed by atoms with Crippen molar-refractivity contribution < 1.29 is 31.7 Å². The van der Waals surface area contributed by atoms with Crippen LogP contribution in [-0.2, 0) is 19.7 Å². The van der Waals surface area contributed by atoms with Crippen LogP contribution in [0, 0.1) is 0 Å². The van der Waals surface area contributed by atoms with E-state index in [1.165, 1.54) is 42.5 Å². The Bertz CT molecular complexity index is 1470. The van der Waals surface area contributed by atoms with Crippen LogP contribution in [0.4, 0.5) is 10.5 Å². The second kappa shape index (κ2) is 10.3. The van der Waals surface area contributed by atoms with Gasteiger partial charge < -0.3 is 8.92 Å².